The standard InChI is InChI=1S/C21H28N2O4S/c1-14-11-16(6-7-17(14)23-10-4-5-19(23)25)22-28(26,27)13-21-9-8-15(12-18(21)24)20(21,2)3/h6-7,11,15,22H,4-5,8-10,12-13H2,1-3H3. The van der Waals surface area contributed by atoms with Crippen molar-refractivity contribution in [1.82, 2.24) is 0 Å². The van der Waals surface area contributed by atoms with E-state index in [4.69, 9.17) is 0 Å². The van der Waals surface area contributed by atoms with E-state index in [0.29, 0.717) is 31.5 Å². The summed E-state index contributed by atoms with van der Waals surface area (Å²) in [5.74, 6) is 0.328. The zero-order chi connectivity index (χ0) is 20.3. The molecule has 2 unspecified atom stereocenters. The van der Waals surface area contributed by atoms with Crippen molar-refractivity contribution in [3.8, 4) is 0 Å². The second-order valence-corrected chi connectivity index (χ2v) is 10.9. The van der Waals surface area contributed by atoms with Gasteiger partial charge in [-0.2, -0.15) is 0 Å². The minimum atomic E-state index is -3.68. The monoisotopic (exact) mass is 404 g/mol. The molecule has 28 heavy (non-hydrogen) atoms. The van der Waals surface area contributed by atoms with Crippen LogP contribution in [-0.2, 0) is 19.6 Å². The Morgan fingerprint density at radius 3 is 2.54 bits per heavy atom. The Hall–Kier alpha value is -1.89. The molecule has 1 N–H and O–H groups in total. The second kappa shape index (κ2) is 6.31. The minimum Gasteiger partial charge on any atom is -0.312 e. The quantitative estimate of drug-likeness (QED) is 0.816. The van der Waals surface area contributed by atoms with Gasteiger partial charge in [-0.1, -0.05) is 13.8 Å². The zero-order valence-corrected chi connectivity index (χ0v) is 17.6. The van der Waals surface area contributed by atoms with E-state index >= 15 is 0 Å². The lowest BCUT2D eigenvalue weighted by atomic mass is 9.70. The number of carbonyl (C=O) groups excluding carboxylic acids is 2. The predicted molar refractivity (Wildman–Crippen MR) is 109 cm³/mol. The fourth-order valence-electron chi connectivity index (χ4n) is 5.57. The van der Waals surface area contributed by atoms with Gasteiger partial charge in [-0.05, 0) is 61.3 Å². The maximum absolute atomic E-state index is 12.9. The molecule has 152 valence electrons. The molecule has 2 aliphatic carbocycles. The molecule has 4 rings (SSSR count). The highest BCUT2D eigenvalue weighted by Crippen LogP contribution is 2.64. The van der Waals surface area contributed by atoms with Gasteiger partial charge in [-0.15, -0.1) is 0 Å². The lowest BCUT2D eigenvalue weighted by Crippen LogP contribution is -2.43. The normalized spacial score (nSPS) is 29.0. The lowest BCUT2D eigenvalue weighted by molar-refractivity contribution is -0.128. The smallest absolute Gasteiger partial charge is 0.233 e. The Bertz CT molecular complexity index is 953. The maximum Gasteiger partial charge on any atom is 0.233 e. The van der Waals surface area contributed by atoms with Crippen molar-refractivity contribution in [1.29, 1.82) is 0 Å². The van der Waals surface area contributed by atoms with Gasteiger partial charge in [0.25, 0.3) is 0 Å². The van der Waals surface area contributed by atoms with Crippen LogP contribution in [0.2, 0.25) is 0 Å². The number of anilines is 2. The number of carbonyl (C=O) groups is 2. The number of hydrogen-bond acceptors (Lipinski definition) is 4. The summed E-state index contributed by atoms with van der Waals surface area (Å²) in [5, 5.41) is 0. The Labute approximate surface area is 166 Å². The van der Waals surface area contributed by atoms with E-state index in [1.807, 2.05) is 20.8 Å². The third kappa shape index (κ3) is 2.86. The van der Waals surface area contributed by atoms with E-state index < -0.39 is 15.4 Å². The summed E-state index contributed by atoms with van der Waals surface area (Å²) < 4.78 is 28.6. The van der Waals surface area contributed by atoms with Crippen LogP contribution in [0, 0.1) is 23.7 Å². The van der Waals surface area contributed by atoms with Gasteiger partial charge < -0.3 is 4.90 Å². The first-order chi connectivity index (χ1) is 13.1. The largest absolute Gasteiger partial charge is 0.312 e. The van der Waals surface area contributed by atoms with Crippen LogP contribution >= 0.6 is 0 Å². The average molecular weight is 405 g/mol. The number of aryl methyl sites for hydroxylation is 1. The number of rotatable bonds is 5. The molecule has 0 aromatic heterocycles. The van der Waals surface area contributed by atoms with Crippen LogP contribution in [0.3, 0.4) is 0 Å². The van der Waals surface area contributed by atoms with Gasteiger partial charge in [0.2, 0.25) is 15.9 Å². The van der Waals surface area contributed by atoms with Crippen molar-refractivity contribution < 1.29 is 18.0 Å². The molecule has 1 saturated heterocycles. The summed E-state index contributed by atoms with van der Waals surface area (Å²) >= 11 is 0. The molecule has 1 heterocycles. The number of benzene rings is 1. The van der Waals surface area contributed by atoms with Gasteiger partial charge in [0, 0.05) is 30.8 Å². The Kier molecular flexibility index (Phi) is 4.38. The van der Waals surface area contributed by atoms with Crippen LogP contribution in [-0.4, -0.2) is 32.4 Å². The van der Waals surface area contributed by atoms with E-state index in [9.17, 15) is 18.0 Å². The summed E-state index contributed by atoms with van der Waals surface area (Å²) in [6, 6.07) is 5.25. The van der Waals surface area contributed by atoms with Crippen molar-refractivity contribution in [2.24, 2.45) is 16.7 Å². The molecule has 7 heteroatoms. The van der Waals surface area contributed by atoms with Crippen molar-refractivity contribution in [3.63, 3.8) is 0 Å². The van der Waals surface area contributed by atoms with Crippen molar-refractivity contribution in [3.05, 3.63) is 23.8 Å². The summed E-state index contributed by atoms with van der Waals surface area (Å²) in [5.41, 5.74) is 1.10. The highest BCUT2D eigenvalue weighted by atomic mass is 32.2. The van der Waals surface area contributed by atoms with Crippen LogP contribution in [0.25, 0.3) is 0 Å². The number of amides is 1. The zero-order valence-electron chi connectivity index (χ0n) is 16.7. The summed E-state index contributed by atoms with van der Waals surface area (Å²) in [4.78, 5) is 26.4. The first-order valence-corrected chi connectivity index (χ1v) is 11.7. The molecule has 2 atom stereocenters. The van der Waals surface area contributed by atoms with Crippen LogP contribution < -0.4 is 9.62 Å². The van der Waals surface area contributed by atoms with Crippen LogP contribution in [0.4, 0.5) is 11.4 Å². The van der Waals surface area contributed by atoms with Crippen LogP contribution in [0.1, 0.15) is 51.5 Å². The highest BCUT2D eigenvalue weighted by Gasteiger charge is 2.65. The molecule has 2 saturated carbocycles. The van der Waals surface area contributed by atoms with E-state index in [2.05, 4.69) is 4.72 Å². The summed E-state index contributed by atoms with van der Waals surface area (Å²) in [6.07, 6.45) is 3.48. The van der Waals surface area contributed by atoms with Crippen LogP contribution in [0.15, 0.2) is 18.2 Å². The molecule has 1 aromatic rings. The Morgan fingerprint density at radius 2 is 2.00 bits per heavy atom. The molecule has 0 radical (unpaired) electrons. The molecule has 1 aliphatic heterocycles. The van der Waals surface area contributed by atoms with E-state index in [1.54, 1.807) is 23.1 Å². The first kappa shape index (κ1) is 19.4. The number of sulfonamides is 1. The number of nitrogens with one attached hydrogen (secondary N) is 1. The van der Waals surface area contributed by atoms with Crippen molar-refractivity contribution in [2.45, 2.75) is 52.9 Å². The predicted octanol–water partition coefficient (Wildman–Crippen LogP) is 3.26. The minimum absolute atomic E-state index is 0.0956. The van der Waals surface area contributed by atoms with Crippen molar-refractivity contribution >= 4 is 33.1 Å². The molecular formula is C21H28N2O4S. The SMILES string of the molecule is Cc1cc(NS(=O)(=O)CC23CCC(CC2=O)C3(C)C)ccc1N1CCCC1=O. The first-order valence-electron chi connectivity index (χ1n) is 10.0. The molecule has 2 bridgehead atoms. The number of Topliss-reactive ketones (excluding diaryl/α,β-unsaturated/α-hetero) is 1. The third-order valence-electron chi connectivity index (χ3n) is 7.41. The fourth-order valence-corrected chi connectivity index (χ4v) is 7.46. The fraction of sp³-hybridized carbons (Fsp3) is 0.619. The molecule has 1 aromatic carbocycles. The van der Waals surface area contributed by atoms with Gasteiger partial charge in [0.1, 0.15) is 5.78 Å². The van der Waals surface area contributed by atoms with Gasteiger partial charge in [-0.3, -0.25) is 14.3 Å². The van der Waals surface area contributed by atoms with Gasteiger partial charge in [0.05, 0.1) is 11.2 Å². The van der Waals surface area contributed by atoms with Gasteiger partial charge in [-0.25, -0.2) is 8.42 Å². The number of ketones is 1. The third-order valence-corrected chi connectivity index (χ3v) is 8.83. The number of nitrogens with zero attached hydrogens (tertiary/aromatic N) is 1. The summed E-state index contributed by atoms with van der Waals surface area (Å²) in [6.45, 7) is 6.66. The molecule has 3 fully saturated rings. The lowest BCUT2D eigenvalue weighted by Gasteiger charge is -2.36. The number of fused-ring (bicyclic) bond motifs is 2. The summed E-state index contributed by atoms with van der Waals surface area (Å²) in [7, 11) is -3.68. The average Bonchev–Trinajstić information content (AvgIpc) is 3.16. The molecule has 3 aliphatic rings. The molecule has 1 amide bonds. The second-order valence-electron chi connectivity index (χ2n) is 9.18. The topological polar surface area (TPSA) is 83.6 Å². The van der Waals surface area contributed by atoms with E-state index in [0.717, 1.165) is 24.1 Å². The molecule has 6 nitrogen and oxygen atoms in total. The highest BCUT2D eigenvalue weighted by molar-refractivity contribution is 7.92. The van der Waals surface area contributed by atoms with Crippen LogP contribution in [0.5, 0.6) is 0 Å². The maximum atomic E-state index is 12.9. The van der Waals surface area contributed by atoms with Gasteiger partial charge >= 0.3 is 0 Å². The Morgan fingerprint density at radius 1 is 1.25 bits per heavy atom. The van der Waals surface area contributed by atoms with E-state index in [-0.39, 0.29) is 28.8 Å². The van der Waals surface area contributed by atoms with E-state index in [1.165, 1.54) is 0 Å². The number of hydrogen-bond donors (Lipinski definition) is 1. The van der Waals surface area contributed by atoms with Gasteiger partial charge in [0.15, 0.2) is 0 Å². The van der Waals surface area contributed by atoms with Crippen molar-refractivity contribution in [2.75, 3.05) is 21.9 Å². The molecular weight excluding hydrogens is 376 g/mol. The molecule has 0 spiro atoms. The Balaban J connectivity index is 1.55.